The highest BCUT2D eigenvalue weighted by molar-refractivity contribution is 5.60. The van der Waals surface area contributed by atoms with Gasteiger partial charge in [-0.25, -0.2) is 8.78 Å². The zero-order valence-corrected chi connectivity index (χ0v) is 8.19. The molecule has 0 unspecified atom stereocenters. The third kappa shape index (κ3) is 1.77. The van der Waals surface area contributed by atoms with Crippen molar-refractivity contribution in [1.29, 1.82) is 5.26 Å². The van der Waals surface area contributed by atoms with Gasteiger partial charge in [0.2, 0.25) is 0 Å². The van der Waals surface area contributed by atoms with E-state index in [-0.39, 0.29) is 17.8 Å². The summed E-state index contributed by atoms with van der Waals surface area (Å²) in [4.78, 5) is 0. The largest absolute Gasteiger partial charge is 0.258 e. The molecule has 1 heterocycles. The van der Waals surface area contributed by atoms with E-state index in [0.717, 1.165) is 0 Å². The average molecular weight is 219 g/mol. The van der Waals surface area contributed by atoms with Gasteiger partial charge in [0.25, 0.3) is 0 Å². The van der Waals surface area contributed by atoms with Crippen LogP contribution in [0.3, 0.4) is 0 Å². The topological polar surface area (TPSA) is 41.6 Å². The minimum absolute atomic E-state index is 0.0517. The summed E-state index contributed by atoms with van der Waals surface area (Å²) in [5.74, 6) is -1.33. The lowest BCUT2D eigenvalue weighted by Crippen LogP contribution is -1.97. The van der Waals surface area contributed by atoms with Crippen molar-refractivity contribution in [2.45, 2.75) is 6.54 Å². The van der Waals surface area contributed by atoms with Gasteiger partial charge >= 0.3 is 0 Å². The van der Waals surface area contributed by atoms with Gasteiger partial charge in [0.1, 0.15) is 18.2 Å². The van der Waals surface area contributed by atoms with Gasteiger partial charge in [-0.3, -0.25) is 4.68 Å². The molecule has 2 aromatic rings. The van der Waals surface area contributed by atoms with Crippen molar-refractivity contribution in [3.63, 3.8) is 0 Å². The molecule has 0 fully saturated rings. The quantitative estimate of drug-likeness (QED) is 0.777. The molecule has 0 atom stereocenters. The lowest BCUT2D eigenvalue weighted by Gasteiger charge is -2.00. The van der Waals surface area contributed by atoms with Gasteiger partial charge in [-0.1, -0.05) is 6.07 Å². The molecule has 3 nitrogen and oxygen atoms in total. The van der Waals surface area contributed by atoms with E-state index in [1.165, 1.54) is 35.1 Å². The van der Waals surface area contributed by atoms with Crippen LogP contribution in [0, 0.1) is 23.0 Å². The number of rotatable bonds is 2. The summed E-state index contributed by atoms with van der Waals surface area (Å²) in [6.45, 7) is 0.0517. The molecule has 16 heavy (non-hydrogen) atoms. The molecule has 0 bridgehead atoms. The third-order valence-corrected chi connectivity index (χ3v) is 2.09. The van der Waals surface area contributed by atoms with Crippen LogP contribution in [0.25, 0.3) is 11.3 Å². The van der Waals surface area contributed by atoms with Gasteiger partial charge in [0.05, 0.1) is 17.3 Å². The van der Waals surface area contributed by atoms with E-state index in [1.807, 2.05) is 6.07 Å². The van der Waals surface area contributed by atoms with Gasteiger partial charge in [-0.05, 0) is 18.2 Å². The van der Waals surface area contributed by atoms with Crippen molar-refractivity contribution in [3.8, 4) is 17.3 Å². The van der Waals surface area contributed by atoms with Crippen LogP contribution in [0.5, 0.6) is 0 Å². The number of benzene rings is 1. The minimum Gasteiger partial charge on any atom is -0.258 e. The van der Waals surface area contributed by atoms with Crippen LogP contribution in [0.1, 0.15) is 0 Å². The first-order valence-electron chi connectivity index (χ1n) is 4.57. The normalized spacial score (nSPS) is 10.1. The summed E-state index contributed by atoms with van der Waals surface area (Å²) >= 11 is 0. The fourth-order valence-electron chi connectivity index (χ4n) is 1.40. The van der Waals surface area contributed by atoms with Crippen molar-refractivity contribution in [3.05, 3.63) is 42.1 Å². The lowest BCUT2D eigenvalue weighted by molar-refractivity contribution is 0.587. The maximum atomic E-state index is 13.4. The number of nitrogens with zero attached hydrogens (tertiary/aromatic N) is 3. The maximum absolute atomic E-state index is 13.4. The highest BCUT2D eigenvalue weighted by Gasteiger charge is 2.13. The van der Waals surface area contributed by atoms with Crippen LogP contribution in [0.4, 0.5) is 8.78 Å². The Balaban J connectivity index is 2.47. The Kier molecular flexibility index (Phi) is 2.64. The van der Waals surface area contributed by atoms with E-state index in [1.54, 1.807) is 0 Å². The average Bonchev–Trinajstić information content (AvgIpc) is 2.67. The molecule has 0 amide bonds. The van der Waals surface area contributed by atoms with Gasteiger partial charge in [-0.15, -0.1) is 0 Å². The number of hydrogen-bond donors (Lipinski definition) is 0. The molecule has 1 aromatic carbocycles. The van der Waals surface area contributed by atoms with E-state index >= 15 is 0 Å². The Labute approximate surface area is 90.5 Å². The number of aromatic nitrogens is 2. The standard InChI is InChI=1S/C11H7F2N3/c12-8-2-1-3-9(13)11(8)10-4-6-16(15-10)7-5-14/h1-4,6H,7H2. The minimum atomic E-state index is -0.665. The van der Waals surface area contributed by atoms with Crippen molar-refractivity contribution >= 4 is 0 Å². The van der Waals surface area contributed by atoms with Gasteiger partial charge < -0.3 is 0 Å². The van der Waals surface area contributed by atoms with E-state index in [9.17, 15) is 8.78 Å². The predicted molar refractivity (Wildman–Crippen MR) is 53.2 cm³/mol. The second kappa shape index (κ2) is 4.11. The van der Waals surface area contributed by atoms with Crippen molar-refractivity contribution < 1.29 is 8.78 Å². The summed E-state index contributed by atoms with van der Waals surface area (Å²) in [5.41, 5.74) is 0.0186. The van der Waals surface area contributed by atoms with Gasteiger partial charge in [-0.2, -0.15) is 10.4 Å². The molecule has 0 N–H and O–H groups in total. The summed E-state index contributed by atoms with van der Waals surface area (Å²) in [6.07, 6.45) is 1.50. The fraction of sp³-hybridized carbons (Fsp3) is 0.0909. The second-order valence-electron chi connectivity index (χ2n) is 3.15. The molecule has 0 aliphatic heterocycles. The molecule has 5 heteroatoms. The van der Waals surface area contributed by atoms with Crippen LogP contribution in [0.15, 0.2) is 30.5 Å². The molecule has 0 aliphatic rings. The predicted octanol–water partition coefficient (Wildman–Crippen LogP) is 2.35. The molecule has 0 saturated carbocycles. The molecular formula is C11H7F2N3. The number of halogens is 2. The lowest BCUT2D eigenvalue weighted by atomic mass is 10.1. The monoisotopic (exact) mass is 219 g/mol. The Bertz CT molecular complexity index is 534. The highest BCUT2D eigenvalue weighted by atomic mass is 19.1. The van der Waals surface area contributed by atoms with E-state index in [4.69, 9.17) is 5.26 Å². The molecule has 0 aliphatic carbocycles. The molecule has 80 valence electrons. The van der Waals surface area contributed by atoms with Crippen molar-refractivity contribution in [2.75, 3.05) is 0 Å². The van der Waals surface area contributed by atoms with E-state index in [0.29, 0.717) is 0 Å². The smallest absolute Gasteiger partial charge is 0.135 e. The molecule has 1 aromatic heterocycles. The molecular weight excluding hydrogens is 212 g/mol. The molecule has 0 saturated heterocycles. The summed E-state index contributed by atoms with van der Waals surface area (Å²) in [5, 5.41) is 12.4. The second-order valence-corrected chi connectivity index (χ2v) is 3.15. The van der Waals surface area contributed by atoms with Gasteiger partial charge in [0.15, 0.2) is 0 Å². The molecule has 2 rings (SSSR count). The van der Waals surface area contributed by atoms with Gasteiger partial charge in [0, 0.05) is 6.20 Å². The van der Waals surface area contributed by atoms with E-state index in [2.05, 4.69) is 5.10 Å². The Morgan fingerprint density at radius 2 is 1.94 bits per heavy atom. The number of nitriles is 1. The first-order valence-corrected chi connectivity index (χ1v) is 4.57. The van der Waals surface area contributed by atoms with Crippen LogP contribution in [0.2, 0.25) is 0 Å². The third-order valence-electron chi connectivity index (χ3n) is 2.09. The maximum Gasteiger partial charge on any atom is 0.135 e. The van der Waals surface area contributed by atoms with Crippen LogP contribution < -0.4 is 0 Å². The van der Waals surface area contributed by atoms with Crippen molar-refractivity contribution in [1.82, 2.24) is 9.78 Å². The number of hydrogen-bond acceptors (Lipinski definition) is 2. The van der Waals surface area contributed by atoms with Crippen LogP contribution in [-0.4, -0.2) is 9.78 Å². The van der Waals surface area contributed by atoms with Crippen molar-refractivity contribution in [2.24, 2.45) is 0 Å². The zero-order valence-electron chi connectivity index (χ0n) is 8.19. The van der Waals surface area contributed by atoms with E-state index < -0.39 is 11.6 Å². The Morgan fingerprint density at radius 1 is 1.25 bits per heavy atom. The van der Waals surface area contributed by atoms with Crippen LogP contribution in [-0.2, 0) is 6.54 Å². The molecule has 0 spiro atoms. The Hall–Kier alpha value is -2.22. The Morgan fingerprint density at radius 3 is 2.56 bits per heavy atom. The summed E-state index contributed by atoms with van der Waals surface area (Å²) < 4.78 is 28.1. The first-order chi connectivity index (χ1) is 7.72. The molecule has 0 radical (unpaired) electrons. The first kappa shape index (κ1) is 10.3. The SMILES string of the molecule is N#CCn1ccc(-c2c(F)cccc2F)n1. The zero-order chi connectivity index (χ0) is 11.5. The fourth-order valence-corrected chi connectivity index (χ4v) is 1.40. The summed E-state index contributed by atoms with van der Waals surface area (Å²) in [6, 6.07) is 6.99. The highest BCUT2D eigenvalue weighted by Crippen LogP contribution is 2.23. The summed E-state index contributed by atoms with van der Waals surface area (Å²) in [7, 11) is 0. The van der Waals surface area contributed by atoms with Crippen LogP contribution >= 0.6 is 0 Å².